The van der Waals surface area contributed by atoms with Crippen molar-refractivity contribution in [2.24, 2.45) is 0 Å². The highest BCUT2D eigenvalue weighted by Gasteiger charge is 2.30. The summed E-state index contributed by atoms with van der Waals surface area (Å²) in [7, 11) is 0. The zero-order valence-electron chi connectivity index (χ0n) is 20.2. The van der Waals surface area contributed by atoms with E-state index in [1.54, 1.807) is 10.7 Å². The standard InChI is InChI=1S/C26H29F3N4O2/c1-5-15-32(24(35)18-11-13-19(14-12-18)26(27,28)29)17-23(34)30-22-16-21(25(2,3)4)31-33(22)20-9-7-6-8-10-20/h6-14,16H,5,15,17H2,1-4H3,(H,30,34). The number of benzene rings is 2. The molecule has 0 aliphatic rings. The lowest BCUT2D eigenvalue weighted by atomic mass is 9.92. The van der Waals surface area contributed by atoms with Crippen LogP contribution in [0.2, 0.25) is 0 Å². The Morgan fingerprint density at radius 1 is 1.00 bits per heavy atom. The van der Waals surface area contributed by atoms with Crippen molar-refractivity contribution in [3.8, 4) is 5.69 Å². The summed E-state index contributed by atoms with van der Waals surface area (Å²) in [5.74, 6) is -0.483. The average molecular weight is 487 g/mol. The van der Waals surface area contributed by atoms with Gasteiger partial charge in [0.1, 0.15) is 12.4 Å². The first-order chi connectivity index (χ1) is 16.4. The van der Waals surface area contributed by atoms with E-state index in [2.05, 4.69) is 10.4 Å². The van der Waals surface area contributed by atoms with Gasteiger partial charge in [-0.3, -0.25) is 9.59 Å². The van der Waals surface area contributed by atoms with Gasteiger partial charge in [-0.05, 0) is 42.8 Å². The Morgan fingerprint density at radius 3 is 2.17 bits per heavy atom. The first kappa shape index (κ1) is 26.0. The van der Waals surface area contributed by atoms with Crippen LogP contribution in [0.5, 0.6) is 0 Å². The van der Waals surface area contributed by atoms with Crippen molar-refractivity contribution in [2.45, 2.75) is 45.7 Å². The molecule has 1 aromatic heterocycles. The Labute approximate surface area is 202 Å². The fraction of sp³-hybridized carbons (Fsp3) is 0.346. The van der Waals surface area contributed by atoms with E-state index in [1.807, 2.05) is 58.0 Å². The number of hydrogen-bond donors (Lipinski definition) is 1. The van der Waals surface area contributed by atoms with Gasteiger partial charge >= 0.3 is 6.18 Å². The topological polar surface area (TPSA) is 67.2 Å². The van der Waals surface area contributed by atoms with Crippen molar-refractivity contribution in [3.63, 3.8) is 0 Å². The lowest BCUT2D eigenvalue weighted by Gasteiger charge is -2.22. The predicted octanol–water partition coefficient (Wildman–Crippen LogP) is 5.68. The lowest BCUT2D eigenvalue weighted by Crippen LogP contribution is -2.38. The number of hydrogen-bond acceptors (Lipinski definition) is 3. The maximum atomic E-state index is 13.0. The molecule has 0 atom stereocenters. The van der Waals surface area contributed by atoms with Crippen LogP contribution < -0.4 is 5.32 Å². The van der Waals surface area contributed by atoms with E-state index in [0.717, 1.165) is 35.6 Å². The number of halogens is 3. The largest absolute Gasteiger partial charge is 0.416 e. The lowest BCUT2D eigenvalue weighted by molar-refractivity contribution is -0.137. The van der Waals surface area contributed by atoms with Crippen LogP contribution >= 0.6 is 0 Å². The number of aromatic nitrogens is 2. The second kappa shape index (κ2) is 10.3. The van der Waals surface area contributed by atoms with E-state index in [4.69, 9.17) is 0 Å². The highest BCUT2D eigenvalue weighted by Crippen LogP contribution is 2.29. The van der Waals surface area contributed by atoms with Crippen LogP contribution in [-0.4, -0.2) is 39.6 Å². The van der Waals surface area contributed by atoms with Gasteiger partial charge in [0.15, 0.2) is 0 Å². The van der Waals surface area contributed by atoms with Gasteiger partial charge in [0.25, 0.3) is 5.91 Å². The van der Waals surface area contributed by atoms with Crippen molar-refractivity contribution < 1.29 is 22.8 Å². The number of nitrogens with one attached hydrogen (secondary N) is 1. The molecule has 0 unspecified atom stereocenters. The highest BCUT2D eigenvalue weighted by atomic mass is 19.4. The minimum atomic E-state index is -4.49. The Bertz CT molecular complexity index is 1160. The van der Waals surface area contributed by atoms with Gasteiger partial charge in [0.2, 0.25) is 5.91 Å². The summed E-state index contributed by atoms with van der Waals surface area (Å²) < 4.78 is 40.2. The number of nitrogens with zero attached hydrogens (tertiary/aromatic N) is 3. The van der Waals surface area contributed by atoms with Crippen molar-refractivity contribution in [1.82, 2.24) is 14.7 Å². The SMILES string of the molecule is CCCN(CC(=O)Nc1cc(C(C)(C)C)nn1-c1ccccc1)C(=O)c1ccc(C(F)(F)F)cc1. The number of para-hydroxylation sites is 1. The van der Waals surface area contributed by atoms with Gasteiger partial charge in [-0.1, -0.05) is 45.9 Å². The molecule has 2 amide bonds. The summed E-state index contributed by atoms with van der Waals surface area (Å²) in [5.41, 5.74) is 0.542. The minimum absolute atomic E-state index is 0.0867. The van der Waals surface area contributed by atoms with E-state index >= 15 is 0 Å². The number of amides is 2. The monoisotopic (exact) mass is 486 g/mol. The number of anilines is 1. The van der Waals surface area contributed by atoms with Gasteiger partial charge in [-0.15, -0.1) is 0 Å². The van der Waals surface area contributed by atoms with Crippen LogP contribution in [0, 0.1) is 0 Å². The summed E-state index contributed by atoms with van der Waals surface area (Å²) >= 11 is 0. The van der Waals surface area contributed by atoms with Crippen LogP contribution in [-0.2, 0) is 16.4 Å². The van der Waals surface area contributed by atoms with Gasteiger partial charge in [0.05, 0.1) is 16.9 Å². The number of carbonyl (C=O) groups is 2. The van der Waals surface area contributed by atoms with E-state index in [-0.39, 0.29) is 24.1 Å². The summed E-state index contributed by atoms with van der Waals surface area (Å²) in [6.45, 7) is 7.92. The summed E-state index contributed by atoms with van der Waals surface area (Å²) in [4.78, 5) is 27.2. The average Bonchev–Trinajstić information content (AvgIpc) is 3.22. The van der Waals surface area contributed by atoms with Crippen molar-refractivity contribution >= 4 is 17.6 Å². The van der Waals surface area contributed by atoms with Gasteiger partial charge in [-0.25, -0.2) is 4.68 Å². The number of alkyl halides is 3. The molecule has 0 fully saturated rings. The second-order valence-corrected chi connectivity index (χ2v) is 9.26. The molecular weight excluding hydrogens is 457 g/mol. The molecule has 2 aromatic carbocycles. The first-order valence-electron chi connectivity index (χ1n) is 11.3. The molecule has 6 nitrogen and oxygen atoms in total. The third-order valence-corrected chi connectivity index (χ3v) is 5.32. The molecule has 3 rings (SSSR count). The molecule has 35 heavy (non-hydrogen) atoms. The van der Waals surface area contributed by atoms with Crippen LogP contribution in [0.25, 0.3) is 5.69 Å². The molecular formula is C26H29F3N4O2. The van der Waals surface area contributed by atoms with E-state index in [9.17, 15) is 22.8 Å². The summed E-state index contributed by atoms with van der Waals surface area (Å²) in [6, 6.07) is 15.1. The smallest absolute Gasteiger partial charge is 0.329 e. The normalized spacial score (nSPS) is 11.9. The highest BCUT2D eigenvalue weighted by molar-refractivity contribution is 5.99. The molecule has 0 saturated carbocycles. The van der Waals surface area contributed by atoms with E-state index in [0.29, 0.717) is 12.2 Å². The molecule has 1 N–H and O–H groups in total. The maximum Gasteiger partial charge on any atom is 0.416 e. The third-order valence-electron chi connectivity index (χ3n) is 5.32. The predicted molar refractivity (Wildman–Crippen MR) is 129 cm³/mol. The van der Waals surface area contributed by atoms with Crippen LogP contribution in [0.4, 0.5) is 19.0 Å². The first-order valence-corrected chi connectivity index (χ1v) is 11.3. The van der Waals surface area contributed by atoms with E-state index < -0.39 is 23.6 Å². The molecule has 1 heterocycles. The molecule has 0 spiro atoms. The van der Waals surface area contributed by atoms with Gasteiger partial charge in [0, 0.05) is 23.6 Å². The van der Waals surface area contributed by atoms with Crippen LogP contribution in [0.3, 0.4) is 0 Å². The molecule has 0 radical (unpaired) electrons. The zero-order chi connectivity index (χ0) is 25.8. The van der Waals surface area contributed by atoms with Crippen LogP contribution in [0.1, 0.15) is 55.7 Å². The van der Waals surface area contributed by atoms with Crippen molar-refractivity contribution in [2.75, 3.05) is 18.4 Å². The van der Waals surface area contributed by atoms with E-state index in [1.165, 1.54) is 4.90 Å². The van der Waals surface area contributed by atoms with Crippen molar-refractivity contribution in [1.29, 1.82) is 0 Å². The Hall–Kier alpha value is -3.62. The summed E-state index contributed by atoms with van der Waals surface area (Å²) in [6.07, 6.45) is -3.91. The van der Waals surface area contributed by atoms with Gasteiger partial charge in [-0.2, -0.15) is 18.3 Å². The zero-order valence-corrected chi connectivity index (χ0v) is 20.2. The molecule has 0 saturated heterocycles. The Morgan fingerprint density at radius 2 is 1.63 bits per heavy atom. The van der Waals surface area contributed by atoms with Gasteiger partial charge < -0.3 is 10.2 Å². The molecule has 0 bridgehead atoms. The minimum Gasteiger partial charge on any atom is -0.329 e. The molecule has 0 aliphatic carbocycles. The van der Waals surface area contributed by atoms with Crippen molar-refractivity contribution in [3.05, 3.63) is 77.5 Å². The molecule has 0 aliphatic heterocycles. The third kappa shape index (κ3) is 6.49. The molecule has 186 valence electrons. The summed E-state index contributed by atoms with van der Waals surface area (Å²) in [5, 5.41) is 7.51. The number of rotatable bonds is 7. The quantitative estimate of drug-likeness (QED) is 0.467. The fourth-order valence-electron chi connectivity index (χ4n) is 3.47. The molecule has 9 heteroatoms. The maximum absolute atomic E-state index is 13.0. The van der Waals surface area contributed by atoms with Crippen LogP contribution in [0.15, 0.2) is 60.7 Å². The number of carbonyl (C=O) groups excluding carboxylic acids is 2. The fourth-order valence-corrected chi connectivity index (χ4v) is 3.47. The second-order valence-electron chi connectivity index (χ2n) is 9.26. The Balaban J connectivity index is 1.81. The molecule has 3 aromatic rings. The Kier molecular flexibility index (Phi) is 7.67.